The Bertz CT molecular complexity index is 998. The number of piperidine rings is 1. The minimum absolute atomic E-state index is 0.0752. The number of aromatic nitrogens is 3. The van der Waals surface area contributed by atoms with Crippen LogP contribution in [0.15, 0.2) is 36.8 Å². The summed E-state index contributed by atoms with van der Waals surface area (Å²) in [5.74, 6) is -0.0138. The van der Waals surface area contributed by atoms with E-state index in [9.17, 15) is 4.39 Å². The zero-order chi connectivity index (χ0) is 22.4. The molecule has 3 aromatic rings. The molecule has 4 rings (SSSR count). The number of rotatable bonds is 4. The summed E-state index contributed by atoms with van der Waals surface area (Å²) in [5.41, 5.74) is 7.84. The van der Waals surface area contributed by atoms with Crippen molar-refractivity contribution in [3.8, 4) is 16.9 Å². The molecule has 0 spiro atoms. The summed E-state index contributed by atoms with van der Waals surface area (Å²) in [6.45, 7) is 3.58. The Morgan fingerprint density at radius 1 is 1.29 bits per heavy atom. The highest BCUT2D eigenvalue weighted by molar-refractivity contribution is 6.36. The van der Waals surface area contributed by atoms with Crippen molar-refractivity contribution < 1.29 is 14.2 Å². The molecule has 166 valence electrons. The summed E-state index contributed by atoms with van der Waals surface area (Å²) in [4.78, 5) is 4.12. The smallest absolute Gasteiger partial charge is 0.166 e. The van der Waals surface area contributed by atoms with Crippen LogP contribution in [0.25, 0.3) is 11.1 Å². The second kappa shape index (κ2) is 10.8. The third kappa shape index (κ3) is 6.07. The molecule has 7 nitrogen and oxygen atoms in total. The number of hydrogen-bond acceptors (Lipinski definition) is 6. The average Bonchev–Trinajstić information content (AvgIpc) is 3.29. The molecule has 1 aromatic carbocycles. The van der Waals surface area contributed by atoms with Crippen LogP contribution in [0.2, 0.25) is 10.0 Å². The van der Waals surface area contributed by atoms with Crippen LogP contribution < -0.4 is 15.8 Å². The number of H-pyrrole nitrogens is 1. The number of nitrogens with two attached hydrogens (primary N) is 1. The second-order valence-electron chi connectivity index (χ2n) is 7.11. The van der Waals surface area contributed by atoms with E-state index in [-0.39, 0.29) is 16.9 Å². The largest absolute Gasteiger partial charge is 0.482 e. The lowest BCUT2D eigenvalue weighted by molar-refractivity contribution is 0.142. The summed E-state index contributed by atoms with van der Waals surface area (Å²) in [6.07, 6.45) is 6.40. The van der Waals surface area contributed by atoms with E-state index in [0.717, 1.165) is 37.1 Å². The van der Waals surface area contributed by atoms with Crippen LogP contribution in [0.4, 0.5) is 10.2 Å². The predicted molar refractivity (Wildman–Crippen MR) is 120 cm³/mol. The van der Waals surface area contributed by atoms with Gasteiger partial charge in [-0.3, -0.25) is 5.10 Å². The van der Waals surface area contributed by atoms with Gasteiger partial charge in [0, 0.05) is 40.7 Å². The second-order valence-corrected chi connectivity index (χ2v) is 7.90. The van der Waals surface area contributed by atoms with Crippen LogP contribution in [-0.2, 0) is 0 Å². The summed E-state index contributed by atoms with van der Waals surface area (Å²) < 4.78 is 19.5. The number of nitrogens with one attached hydrogen (secondary N) is 2. The zero-order valence-corrected chi connectivity index (χ0v) is 18.4. The van der Waals surface area contributed by atoms with Gasteiger partial charge in [0.05, 0.1) is 17.3 Å². The van der Waals surface area contributed by atoms with Gasteiger partial charge in [0.2, 0.25) is 0 Å². The molecule has 1 aliphatic rings. The summed E-state index contributed by atoms with van der Waals surface area (Å²) >= 11 is 12.1. The van der Waals surface area contributed by atoms with E-state index in [1.165, 1.54) is 12.1 Å². The summed E-state index contributed by atoms with van der Waals surface area (Å²) in [6, 6.07) is 4.36. The van der Waals surface area contributed by atoms with Gasteiger partial charge < -0.3 is 20.9 Å². The lowest BCUT2D eigenvalue weighted by atomic mass is 10.1. The topological polar surface area (TPSA) is 109 Å². The molecule has 0 amide bonds. The van der Waals surface area contributed by atoms with Crippen LogP contribution in [-0.4, -0.2) is 39.5 Å². The van der Waals surface area contributed by atoms with Crippen molar-refractivity contribution in [2.24, 2.45) is 0 Å². The number of benzene rings is 1. The van der Waals surface area contributed by atoms with Crippen molar-refractivity contribution in [2.45, 2.75) is 32.0 Å². The molecule has 3 heterocycles. The van der Waals surface area contributed by atoms with Gasteiger partial charge in [-0.2, -0.15) is 5.10 Å². The zero-order valence-electron chi connectivity index (χ0n) is 16.9. The van der Waals surface area contributed by atoms with Gasteiger partial charge in [-0.05, 0) is 44.5 Å². The first-order valence-corrected chi connectivity index (χ1v) is 10.6. The van der Waals surface area contributed by atoms with Crippen LogP contribution in [0.5, 0.6) is 5.75 Å². The molecular weight excluding hydrogens is 444 g/mol. The van der Waals surface area contributed by atoms with Crippen molar-refractivity contribution in [1.29, 1.82) is 0 Å². The molecule has 2 unspecified atom stereocenters. The van der Waals surface area contributed by atoms with E-state index in [1.807, 2.05) is 0 Å². The number of halogens is 3. The minimum atomic E-state index is -0.621. The highest BCUT2D eigenvalue weighted by Crippen LogP contribution is 2.36. The number of anilines is 1. The molecule has 1 aliphatic heterocycles. The van der Waals surface area contributed by atoms with Gasteiger partial charge in [-0.1, -0.05) is 23.2 Å². The molecule has 1 fully saturated rings. The van der Waals surface area contributed by atoms with E-state index >= 15 is 0 Å². The number of pyridine rings is 1. The molecule has 0 radical (unpaired) electrons. The van der Waals surface area contributed by atoms with Crippen molar-refractivity contribution in [1.82, 2.24) is 20.5 Å². The Balaban J connectivity index is 0.000000330. The van der Waals surface area contributed by atoms with Gasteiger partial charge in [0.25, 0.3) is 0 Å². The highest BCUT2D eigenvalue weighted by Gasteiger charge is 2.20. The van der Waals surface area contributed by atoms with Crippen LogP contribution in [0, 0.1) is 5.82 Å². The minimum Gasteiger partial charge on any atom is -0.482 e. The van der Waals surface area contributed by atoms with Crippen LogP contribution in [0.3, 0.4) is 0 Å². The Hall–Kier alpha value is -2.39. The van der Waals surface area contributed by atoms with Crippen molar-refractivity contribution in [3.05, 3.63) is 58.2 Å². The molecule has 2 atom stereocenters. The van der Waals surface area contributed by atoms with E-state index in [4.69, 9.17) is 38.8 Å². The monoisotopic (exact) mass is 467 g/mol. The Kier molecular flexibility index (Phi) is 8.09. The average molecular weight is 468 g/mol. The molecule has 0 saturated carbocycles. The Morgan fingerprint density at radius 3 is 2.71 bits per heavy atom. The predicted octanol–water partition coefficient (Wildman–Crippen LogP) is 4.37. The fourth-order valence-electron chi connectivity index (χ4n) is 3.11. The number of hydrogen-bond donors (Lipinski definition) is 4. The standard InChI is InChI=1S/C16H13Cl2FN4O.C5H11NO/c1-8(14-11(17)2-3-12(19)15(14)18)24-13-4-9(5-21-16(13)20)10-6-22-23-7-10;7-5-2-1-3-6-4-5/h2-8H,1H3,(H2,20,21)(H,22,23);5-7H,1-4H2. The van der Waals surface area contributed by atoms with Crippen LogP contribution in [0.1, 0.15) is 31.4 Å². The van der Waals surface area contributed by atoms with Gasteiger partial charge in [0.1, 0.15) is 11.9 Å². The number of aromatic amines is 1. The summed E-state index contributed by atoms with van der Waals surface area (Å²) in [5, 5.41) is 18.8. The molecule has 10 heteroatoms. The van der Waals surface area contributed by atoms with E-state index < -0.39 is 11.9 Å². The molecule has 0 aliphatic carbocycles. The SMILES string of the molecule is CC(Oc1cc(-c2cn[nH]c2)cnc1N)c1c(Cl)ccc(F)c1Cl.OC1CCCNC1. The quantitative estimate of drug-likeness (QED) is 0.424. The molecule has 2 aromatic heterocycles. The van der Waals surface area contributed by atoms with Gasteiger partial charge in [0.15, 0.2) is 11.6 Å². The number of β-amino-alcohol motifs (C(OH)–C–C–N with tert-alkyl or cyclic N) is 1. The normalized spacial score (nSPS) is 16.9. The van der Waals surface area contributed by atoms with Crippen molar-refractivity contribution in [3.63, 3.8) is 0 Å². The number of aliphatic hydroxyl groups is 1. The Labute approximate surface area is 189 Å². The molecule has 5 N–H and O–H groups in total. The van der Waals surface area contributed by atoms with E-state index in [1.54, 1.807) is 31.6 Å². The number of nitrogen functional groups attached to an aromatic ring is 1. The fourth-order valence-corrected chi connectivity index (χ4v) is 3.79. The number of ether oxygens (including phenoxy) is 1. The molecule has 1 saturated heterocycles. The Morgan fingerprint density at radius 2 is 2.10 bits per heavy atom. The molecule has 31 heavy (non-hydrogen) atoms. The lowest BCUT2D eigenvalue weighted by Crippen LogP contribution is -2.33. The third-order valence-electron chi connectivity index (χ3n) is 4.77. The maximum Gasteiger partial charge on any atom is 0.166 e. The fraction of sp³-hybridized carbons (Fsp3) is 0.333. The maximum absolute atomic E-state index is 13.7. The number of nitrogens with zero attached hydrogens (tertiary/aromatic N) is 2. The molecule has 0 bridgehead atoms. The number of aliphatic hydroxyl groups excluding tert-OH is 1. The van der Waals surface area contributed by atoms with E-state index in [2.05, 4.69) is 20.5 Å². The van der Waals surface area contributed by atoms with Crippen molar-refractivity contribution in [2.75, 3.05) is 18.8 Å². The first-order valence-electron chi connectivity index (χ1n) is 9.80. The van der Waals surface area contributed by atoms with E-state index in [0.29, 0.717) is 16.3 Å². The van der Waals surface area contributed by atoms with Gasteiger partial charge >= 0.3 is 0 Å². The highest BCUT2D eigenvalue weighted by atomic mass is 35.5. The first kappa shape index (κ1) is 23.3. The van der Waals surface area contributed by atoms with Crippen molar-refractivity contribution >= 4 is 29.0 Å². The van der Waals surface area contributed by atoms with Gasteiger partial charge in [-0.15, -0.1) is 0 Å². The summed E-state index contributed by atoms with van der Waals surface area (Å²) in [7, 11) is 0. The first-order chi connectivity index (χ1) is 14.9. The van der Waals surface area contributed by atoms with Crippen LogP contribution >= 0.6 is 23.2 Å². The third-order valence-corrected chi connectivity index (χ3v) is 5.49. The van der Waals surface area contributed by atoms with Gasteiger partial charge in [-0.25, -0.2) is 9.37 Å². The maximum atomic E-state index is 13.7. The lowest BCUT2D eigenvalue weighted by Gasteiger charge is -2.19. The molecular formula is C21H24Cl2FN5O2.